The summed E-state index contributed by atoms with van der Waals surface area (Å²) in [7, 11) is 1.19. The molecule has 1 N–H and O–H groups in total. The van der Waals surface area contributed by atoms with Crippen LogP contribution < -0.4 is 5.32 Å². The fourth-order valence-corrected chi connectivity index (χ4v) is 2.39. The summed E-state index contributed by atoms with van der Waals surface area (Å²) >= 11 is 1.07. The van der Waals surface area contributed by atoms with Gasteiger partial charge in [0.2, 0.25) is 11.8 Å². The van der Waals surface area contributed by atoms with Crippen molar-refractivity contribution in [2.75, 3.05) is 7.11 Å². The Morgan fingerprint density at radius 2 is 2.00 bits per heavy atom. The van der Waals surface area contributed by atoms with E-state index in [1.54, 1.807) is 6.92 Å². The van der Waals surface area contributed by atoms with Crippen molar-refractivity contribution >= 4 is 23.8 Å². The quantitative estimate of drug-likeness (QED) is 0.858. The molecule has 0 aliphatic carbocycles. The first-order valence-electron chi connectivity index (χ1n) is 6.87. The highest BCUT2D eigenvalue weighted by atomic mass is 32.2. The predicted octanol–water partition coefficient (Wildman–Crippen LogP) is 2.72. The number of aromatic nitrogens is 2. The van der Waals surface area contributed by atoms with E-state index in [2.05, 4.69) is 20.3 Å². The zero-order valence-electron chi connectivity index (χ0n) is 13.2. The highest BCUT2D eigenvalue weighted by molar-refractivity contribution is 8.00. The van der Waals surface area contributed by atoms with Crippen LogP contribution in [0.25, 0.3) is 11.5 Å². The van der Waals surface area contributed by atoms with Crippen molar-refractivity contribution in [2.24, 2.45) is 0 Å². The van der Waals surface area contributed by atoms with Gasteiger partial charge >= 0.3 is 6.09 Å². The molecule has 0 radical (unpaired) electrons. The fourth-order valence-electron chi connectivity index (χ4n) is 1.71. The summed E-state index contributed by atoms with van der Waals surface area (Å²) in [4.78, 5) is 22.8. The van der Waals surface area contributed by atoms with E-state index in [1.165, 1.54) is 12.7 Å². The molecule has 8 heteroatoms. The van der Waals surface area contributed by atoms with Gasteiger partial charge < -0.3 is 9.15 Å². The number of nitrogens with zero attached hydrogens (tertiary/aromatic N) is 2. The van der Waals surface area contributed by atoms with Crippen LogP contribution in [-0.4, -0.2) is 34.6 Å². The van der Waals surface area contributed by atoms with E-state index in [0.717, 1.165) is 22.9 Å². The number of carbonyl (C=O) groups is 2. The van der Waals surface area contributed by atoms with Gasteiger partial charge in [-0.25, -0.2) is 4.79 Å². The number of aryl methyl sites for hydroxylation is 2. The second kappa shape index (κ2) is 7.28. The van der Waals surface area contributed by atoms with E-state index in [4.69, 9.17) is 4.42 Å². The van der Waals surface area contributed by atoms with Crippen molar-refractivity contribution in [1.82, 2.24) is 15.5 Å². The number of ether oxygens (including phenoxy) is 1. The van der Waals surface area contributed by atoms with Crippen LogP contribution in [0.1, 0.15) is 18.1 Å². The third kappa shape index (κ3) is 4.32. The molecule has 0 saturated heterocycles. The molecule has 0 aliphatic rings. The van der Waals surface area contributed by atoms with Crippen LogP contribution in [0.15, 0.2) is 27.8 Å². The molecule has 2 aromatic rings. The lowest BCUT2D eigenvalue weighted by molar-refractivity contribution is -0.119. The molecular weight excluding hydrogens is 318 g/mol. The highest BCUT2D eigenvalue weighted by Crippen LogP contribution is 2.27. The van der Waals surface area contributed by atoms with Crippen molar-refractivity contribution in [2.45, 2.75) is 31.2 Å². The Morgan fingerprint density at radius 3 is 2.65 bits per heavy atom. The standard InChI is InChI=1S/C15H17N3O4S/c1-8-5-6-11(7-9(8)2)13-17-18-15(22-13)23-10(3)12(19)16-14(20)21-4/h5-7,10H,1-4H3,(H,16,19,20)/t10-/m1/s1. The smallest absolute Gasteiger partial charge is 0.413 e. The van der Waals surface area contributed by atoms with Crippen molar-refractivity contribution in [3.05, 3.63) is 29.3 Å². The number of thioether (sulfide) groups is 1. The summed E-state index contributed by atoms with van der Waals surface area (Å²) in [6, 6.07) is 5.84. The van der Waals surface area contributed by atoms with Crippen molar-refractivity contribution in [3.63, 3.8) is 0 Å². The number of methoxy groups -OCH3 is 1. The van der Waals surface area contributed by atoms with Gasteiger partial charge in [-0.15, -0.1) is 10.2 Å². The Kier molecular flexibility index (Phi) is 5.38. The molecule has 1 aromatic carbocycles. The summed E-state index contributed by atoms with van der Waals surface area (Å²) in [6.45, 7) is 5.66. The Bertz CT molecular complexity index is 729. The van der Waals surface area contributed by atoms with Crippen molar-refractivity contribution < 1.29 is 18.7 Å². The molecule has 0 unspecified atom stereocenters. The second-order valence-electron chi connectivity index (χ2n) is 4.91. The monoisotopic (exact) mass is 335 g/mol. The second-order valence-corrected chi connectivity index (χ2v) is 6.21. The molecule has 0 spiro atoms. The van der Waals surface area contributed by atoms with Gasteiger partial charge in [-0.1, -0.05) is 17.8 Å². The van der Waals surface area contributed by atoms with Gasteiger partial charge in [0.25, 0.3) is 5.22 Å². The van der Waals surface area contributed by atoms with Gasteiger partial charge in [-0.05, 0) is 44.0 Å². The number of hydrogen-bond acceptors (Lipinski definition) is 7. The molecule has 1 heterocycles. The lowest BCUT2D eigenvalue weighted by Crippen LogP contribution is -2.35. The highest BCUT2D eigenvalue weighted by Gasteiger charge is 2.20. The number of carbonyl (C=O) groups excluding carboxylic acids is 2. The summed E-state index contributed by atoms with van der Waals surface area (Å²) in [5.74, 6) is -0.107. The average Bonchev–Trinajstić information content (AvgIpc) is 2.98. The van der Waals surface area contributed by atoms with Gasteiger partial charge in [0, 0.05) is 5.56 Å². The Balaban J connectivity index is 2.05. The molecule has 2 rings (SSSR count). The van der Waals surface area contributed by atoms with Crippen molar-refractivity contribution in [3.8, 4) is 11.5 Å². The van der Waals surface area contributed by atoms with Crippen LogP contribution >= 0.6 is 11.8 Å². The topological polar surface area (TPSA) is 94.3 Å². The molecule has 1 aromatic heterocycles. The minimum atomic E-state index is -0.802. The number of benzene rings is 1. The van der Waals surface area contributed by atoms with Crippen LogP contribution in [0.2, 0.25) is 0 Å². The maximum absolute atomic E-state index is 11.8. The molecule has 7 nitrogen and oxygen atoms in total. The third-order valence-corrected chi connectivity index (χ3v) is 4.15. The summed E-state index contributed by atoms with van der Waals surface area (Å²) in [6.07, 6.45) is -0.802. The van der Waals surface area contributed by atoms with E-state index >= 15 is 0 Å². The maximum atomic E-state index is 11.8. The number of amides is 2. The lowest BCUT2D eigenvalue weighted by Gasteiger charge is -2.07. The molecule has 0 fully saturated rings. The van der Waals surface area contributed by atoms with Crippen LogP contribution in [0.3, 0.4) is 0 Å². The van der Waals surface area contributed by atoms with E-state index in [-0.39, 0.29) is 5.22 Å². The van der Waals surface area contributed by atoms with Crippen LogP contribution in [0.4, 0.5) is 4.79 Å². The van der Waals surface area contributed by atoms with Crippen LogP contribution in [0, 0.1) is 13.8 Å². The number of nitrogens with one attached hydrogen (secondary N) is 1. The molecule has 0 aliphatic heterocycles. The number of rotatable bonds is 4. The minimum absolute atomic E-state index is 0.255. The number of hydrogen-bond donors (Lipinski definition) is 1. The Hall–Kier alpha value is -2.35. The maximum Gasteiger partial charge on any atom is 0.413 e. The molecular formula is C15H17N3O4S. The molecule has 23 heavy (non-hydrogen) atoms. The number of alkyl carbamates (subject to hydrolysis) is 1. The van der Waals surface area contributed by atoms with E-state index < -0.39 is 17.3 Å². The molecule has 0 saturated carbocycles. The first-order chi connectivity index (χ1) is 10.9. The zero-order valence-corrected chi connectivity index (χ0v) is 14.1. The Labute approximate surface area is 137 Å². The summed E-state index contributed by atoms with van der Waals surface area (Å²) < 4.78 is 9.93. The number of imide groups is 1. The third-order valence-electron chi connectivity index (χ3n) is 3.22. The fraction of sp³-hybridized carbons (Fsp3) is 0.333. The largest absolute Gasteiger partial charge is 0.453 e. The Morgan fingerprint density at radius 1 is 1.26 bits per heavy atom. The van der Waals surface area contributed by atoms with Gasteiger partial charge in [0.1, 0.15) is 0 Å². The first-order valence-corrected chi connectivity index (χ1v) is 7.75. The minimum Gasteiger partial charge on any atom is -0.453 e. The molecule has 0 bridgehead atoms. The molecule has 2 amide bonds. The molecule has 1 atom stereocenters. The normalized spacial score (nSPS) is 11.8. The average molecular weight is 335 g/mol. The van der Waals surface area contributed by atoms with Gasteiger partial charge in [0.05, 0.1) is 12.4 Å². The summed E-state index contributed by atoms with van der Waals surface area (Å²) in [5.41, 5.74) is 3.12. The van der Waals surface area contributed by atoms with E-state index in [9.17, 15) is 9.59 Å². The van der Waals surface area contributed by atoms with Crippen LogP contribution in [0.5, 0.6) is 0 Å². The van der Waals surface area contributed by atoms with Crippen molar-refractivity contribution in [1.29, 1.82) is 0 Å². The van der Waals surface area contributed by atoms with E-state index in [0.29, 0.717) is 5.89 Å². The lowest BCUT2D eigenvalue weighted by atomic mass is 10.1. The first kappa shape index (κ1) is 17.0. The van der Waals surface area contributed by atoms with Gasteiger partial charge in [-0.2, -0.15) is 0 Å². The van der Waals surface area contributed by atoms with Gasteiger partial charge in [-0.3, -0.25) is 10.1 Å². The summed E-state index contributed by atoms with van der Waals surface area (Å²) in [5, 5.41) is 9.67. The SMILES string of the molecule is COC(=O)NC(=O)[C@@H](C)Sc1nnc(-c2ccc(C)c(C)c2)o1. The van der Waals surface area contributed by atoms with Crippen LogP contribution in [-0.2, 0) is 9.53 Å². The predicted molar refractivity (Wildman–Crippen MR) is 85.1 cm³/mol. The van der Waals surface area contributed by atoms with Gasteiger partial charge in [0.15, 0.2) is 0 Å². The molecule has 122 valence electrons. The zero-order chi connectivity index (χ0) is 17.0. The van der Waals surface area contributed by atoms with E-state index in [1.807, 2.05) is 32.0 Å².